The topological polar surface area (TPSA) is 116 Å². The molecule has 0 saturated carbocycles. The third-order valence-electron chi connectivity index (χ3n) is 5.46. The zero-order valence-corrected chi connectivity index (χ0v) is 20.9. The number of carbonyl (C=O) groups excluding carboxylic acids is 1. The molecule has 1 unspecified atom stereocenters. The van der Waals surface area contributed by atoms with Crippen molar-refractivity contribution >= 4 is 51.9 Å². The normalized spacial score (nSPS) is 16.8. The maximum absolute atomic E-state index is 12.9. The minimum absolute atomic E-state index is 0.122. The lowest BCUT2D eigenvalue weighted by Crippen LogP contribution is -2.41. The number of aromatic amines is 1. The first-order valence-electron chi connectivity index (χ1n) is 11.3. The van der Waals surface area contributed by atoms with Crippen LogP contribution >= 0.6 is 23.4 Å². The number of likely N-dealkylation sites (tertiary alicyclic amines) is 1. The highest BCUT2D eigenvalue weighted by molar-refractivity contribution is 8.00. The predicted octanol–water partition coefficient (Wildman–Crippen LogP) is 4.76. The summed E-state index contributed by atoms with van der Waals surface area (Å²) in [6, 6.07) is 2.07. The Morgan fingerprint density at radius 1 is 1.47 bits per heavy atom. The first kappa shape index (κ1) is 24.1. The number of hydrogen-bond donors (Lipinski definition) is 2. The van der Waals surface area contributed by atoms with Gasteiger partial charge in [-0.15, -0.1) is 11.8 Å². The fourth-order valence-electron chi connectivity index (χ4n) is 3.87. The summed E-state index contributed by atoms with van der Waals surface area (Å²) in [5.74, 6) is 0.373. The van der Waals surface area contributed by atoms with E-state index in [0.29, 0.717) is 29.7 Å². The van der Waals surface area contributed by atoms with Crippen LogP contribution in [0.4, 0.5) is 11.6 Å². The summed E-state index contributed by atoms with van der Waals surface area (Å²) in [6.07, 6.45) is 8.85. The Hall–Kier alpha value is -3.03. The number of nitrogens with zero attached hydrogens (tertiary/aromatic N) is 6. The highest BCUT2D eigenvalue weighted by atomic mass is 35.5. The number of nitrogens with one attached hydrogen (secondary N) is 2. The Morgan fingerprint density at radius 3 is 3.00 bits per heavy atom. The monoisotopic (exact) mass is 498 g/mol. The lowest BCUT2D eigenvalue weighted by molar-refractivity contribution is -0.127. The van der Waals surface area contributed by atoms with E-state index in [4.69, 9.17) is 16.6 Å². The minimum Gasteiger partial charge on any atom is -0.344 e. The molecule has 34 heavy (non-hydrogen) atoms. The van der Waals surface area contributed by atoms with E-state index in [1.807, 2.05) is 31.6 Å². The van der Waals surface area contributed by atoms with E-state index in [-0.39, 0.29) is 22.6 Å². The lowest BCUT2D eigenvalue weighted by Gasteiger charge is -2.32. The fraction of sp³-hybridized carbons (Fsp3) is 0.435. The van der Waals surface area contributed by atoms with Gasteiger partial charge in [-0.3, -0.25) is 9.48 Å². The van der Waals surface area contributed by atoms with Crippen LogP contribution in [0.1, 0.15) is 33.6 Å². The van der Waals surface area contributed by atoms with Gasteiger partial charge >= 0.3 is 0 Å². The molecule has 9 nitrogen and oxygen atoms in total. The molecule has 1 aliphatic rings. The summed E-state index contributed by atoms with van der Waals surface area (Å²) in [7, 11) is 0. The second-order valence-corrected chi connectivity index (χ2v) is 10.2. The molecule has 3 aromatic rings. The molecular weight excluding hydrogens is 472 g/mol. The van der Waals surface area contributed by atoms with Crippen LogP contribution in [-0.2, 0) is 11.3 Å². The molecular formula is C23H27ClN8OS. The van der Waals surface area contributed by atoms with Crippen molar-refractivity contribution in [3.63, 3.8) is 0 Å². The van der Waals surface area contributed by atoms with Crippen molar-refractivity contribution in [2.45, 2.75) is 50.4 Å². The quantitative estimate of drug-likeness (QED) is 0.274. The molecule has 0 aliphatic carbocycles. The molecule has 178 valence electrons. The minimum atomic E-state index is -0.204. The number of halogens is 1. The molecule has 1 amide bonds. The van der Waals surface area contributed by atoms with Crippen LogP contribution in [0.25, 0.3) is 11.0 Å². The Morgan fingerprint density at radius 2 is 2.29 bits per heavy atom. The summed E-state index contributed by atoms with van der Waals surface area (Å²) >= 11 is 8.04. The molecule has 0 spiro atoms. The van der Waals surface area contributed by atoms with Crippen LogP contribution in [0, 0.1) is 17.2 Å². The number of thioether (sulfide) groups is 1. The number of aryl methyl sites for hydroxylation is 1. The van der Waals surface area contributed by atoms with Crippen molar-refractivity contribution in [2.75, 3.05) is 18.4 Å². The molecule has 4 rings (SSSR count). The zero-order valence-electron chi connectivity index (χ0n) is 19.4. The standard InChI is InChI=1S/C23H27ClN8OS/c1-4-32-12-16(10-27-32)28-23-29-20-19(18(24)11-26-20)21(30-23)34-17-6-5-7-31(13-17)22(33)15(9-25)8-14(2)3/h8,10-12,14,17H,4-7,13H2,1-3H3,(H2,26,28,29,30)/b15-8+. The van der Waals surface area contributed by atoms with Gasteiger partial charge in [-0.1, -0.05) is 31.5 Å². The van der Waals surface area contributed by atoms with Gasteiger partial charge in [-0.2, -0.15) is 15.3 Å². The van der Waals surface area contributed by atoms with E-state index < -0.39 is 0 Å². The van der Waals surface area contributed by atoms with Gasteiger partial charge < -0.3 is 15.2 Å². The van der Waals surface area contributed by atoms with Crippen LogP contribution < -0.4 is 5.32 Å². The number of amides is 1. The van der Waals surface area contributed by atoms with E-state index in [0.717, 1.165) is 35.5 Å². The Balaban J connectivity index is 1.56. The van der Waals surface area contributed by atoms with E-state index in [9.17, 15) is 10.1 Å². The number of piperidine rings is 1. The van der Waals surface area contributed by atoms with Crippen molar-refractivity contribution in [3.05, 3.63) is 35.3 Å². The van der Waals surface area contributed by atoms with Gasteiger partial charge in [0, 0.05) is 37.3 Å². The van der Waals surface area contributed by atoms with Crippen molar-refractivity contribution in [3.8, 4) is 6.07 Å². The molecule has 0 bridgehead atoms. The van der Waals surface area contributed by atoms with Crippen LogP contribution in [0.3, 0.4) is 0 Å². The van der Waals surface area contributed by atoms with Gasteiger partial charge in [-0.05, 0) is 25.7 Å². The molecule has 0 radical (unpaired) electrons. The summed E-state index contributed by atoms with van der Waals surface area (Å²) in [5, 5.41) is 19.1. The highest BCUT2D eigenvalue weighted by Gasteiger charge is 2.28. The molecule has 1 fully saturated rings. The molecule has 0 aromatic carbocycles. The summed E-state index contributed by atoms with van der Waals surface area (Å²) in [4.78, 5) is 27.1. The van der Waals surface area contributed by atoms with Crippen LogP contribution in [0.2, 0.25) is 5.02 Å². The first-order chi connectivity index (χ1) is 16.4. The van der Waals surface area contributed by atoms with Gasteiger partial charge in [-0.25, -0.2) is 4.98 Å². The molecule has 2 N–H and O–H groups in total. The third-order valence-corrected chi connectivity index (χ3v) is 6.99. The van der Waals surface area contributed by atoms with Gasteiger partial charge in [0.1, 0.15) is 22.3 Å². The number of nitriles is 1. The maximum atomic E-state index is 12.9. The number of rotatable bonds is 7. The Labute approximate surface area is 207 Å². The lowest BCUT2D eigenvalue weighted by atomic mass is 10.1. The van der Waals surface area contributed by atoms with Crippen LogP contribution in [0.5, 0.6) is 0 Å². The first-order valence-corrected chi connectivity index (χ1v) is 12.6. The Bertz CT molecular complexity index is 1260. The van der Waals surface area contributed by atoms with Crippen molar-refractivity contribution in [1.82, 2.24) is 29.6 Å². The Kier molecular flexibility index (Phi) is 7.44. The zero-order chi connectivity index (χ0) is 24.2. The number of H-pyrrole nitrogens is 1. The highest BCUT2D eigenvalue weighted by Crippen LogP contribution is 2.37. The van der Waals surface area contributed by atoms with Gasteiger partial charge in [0.15, 0.2) is 0 Å². The number of fused-ring (bicyclic) bond motifs is 1. The molecule has 1 saturated heterocycles. The summed E-state index contributed by atoms with van der Waals surface area (Å²) in [5.41, 5.74) is 1.64. The van der Waals surface area contributed by atoms with Gasteiger partial charge in [0.2, 0.25) is 5.95 Å². The SMILES string of the molecule is CCn1cc(Nc2nc(SC3CCCN(C(=O)/C(C#N)=C/C(C)C)C3)c3c(Cl)c[nH]c3n2)cn1. The number of anilines is 2. The summed E-state index contributed by atoms with van der Waals surface area (Å²) in [6.45, 7) is 7.89. The van der Waals surface area contributed by atoms with Crippen molar-refractivity contribution < 1.29 is 4.79 Å². The predicted molar refractivity (Wildman–Crippen MR) is 134 cm³/mol. The molecule has 4 heterocycles. The average Bonchev–Trinajstić information content (AvgIpc) is 3.43. The fourth-order valence-corrected chi connectivity index (χ4v) is 5.48. The van der Waals surface area contributed by atoms with E-state index in [1.165, 1.54) is 0 Å². The molecule has 3 aromatic heterocycles. The van der Waals surface area contributed by atoms with Crippen LogP contribution in [0.15, 0.2) is 35.3 Å². The van der Waals surface area contributed by atoms with Crippen molar-refractivity contribution in [1.29, 1.82) is 5.26 Å². The van der Waals surface area contributed by atoms with Crippen LogP contribution in [-0.4, -0.2) is 53.9 Å². The molecule has 1 aliphatic heterocycles. The third kappa shape index (κ3) is 5.37. The number of hydrogen-bond acceptors (Lipinski definition) is 7. The van der Waals surface area contributed by atoms with E-state index in [1.54, 1.807) is 35.1 Å². The van der Waals surface area contributed by atoms with Gasteiger partial charge in [0.25, 0.3) is 5.91 Å². The molecule has 1 atom stereocenters. The number of aromatic nitrogens is 5. The smallest absolute Gasteiger partial charge is 0.264 e. The average molecular weight is 499 g/mol. The van der Waals surface area contributed by atoms with E-state index in [2.05, 4.69) is 26.5 Å². The molecule has 11 heteroatoms. The second kappa shape index (κ2) is 10.5. The number of carbonyl (C=O) groups is 1. The second-order valence-electron chi connectivity index (χ2n) is 8.49. The number of allylic oxidation sites excluding steroid dienone is 1. The van der Waals surface area contributed by atoms with Crippen molar-refractivity contribution in [2.24, 2.45) is 5.92 Å². The summed E-state index contributed by atoms with van der Waals surface area (Å²) < 4.78 is 1.82. The maximum Gasteiger partial charge on any atom is 0.264 e. The largest absolute Gasteiger partial charge is 0.344 e. The van der Waals surface area contributed by atoms with E-state index >= 15 is 0 Å². The van der Waals surface area contributed by atoms with Gasteiger partial charge in [0.05, 0.1) is 22.3 Å².